The van der Waals surface area contributed by atoms with Gasteiger partial charge in [0.05, 0.1) is 11.6 Å². The van der Waals surface area contributed by atoms with Crippen molar-refractivity contribution >= 4 is 0 Å². The first-order valence-electron chi connectivity index (χ1n) is 7.39. The van der Waals surface area contributed by atoms with Crippen LogP contribution < -0.4 is 4.74 Å². The van der Waals surface area contributed by atoms with E-state index in [1.54, 1.807) is 12.1 Å². The molecule has 0 saturated carbocycles. The monoisotopic (exact) mass is 273 g/mol. The molecule has 2 rings (SSSR count). The molecule has 0 atom stereocenters. The van der Waals surface area contributed by atoms with Crippen LogP contribution in [0.4, 0.5) is 0 Å². The highest BCUT2D eigenvalue weighted by molar-refractivity contribution is 5.36. The van der Waals surface area contributed by atoms with Gasteiger partial charge in [0.25, 0.3) is 0 Å². The Kier molecular flexibility index (Phi) is 5.85. The van der Waals surface area contributed by atoms with E-state index in [0.29, 0.717) is 12.2 Å². The van der Waals surface area contributed by atoms with Crippen LogP contribution in [0.25, 0.3) is 0 Å². The molecule has 1 heterocycles. The molecule has 0 N–H and O–H groups in total. The van der Waals surface area contributed by atoms with Crippen LogP contribution in [0.1, 0.15) is 18.9 Å². The van der Waals surface area contributed by atoms with Crippen molar-refractivity contribution in [3.05, 3.63) is 29.8 Å². The van der Waals surface area contributed by atoms with Crippen molar-refractivity contribution < 1.29 is 4.74 Å². The van der Waals surface area contributed by atoms with Crippen molar-refractivity contribution in [1.29, 1.82) is 5.26 Å². The summed E-state index contributed by atoms with van der Waals surface area (Å²) >= 11 is 0. The predicted octanol–water partition coefficient (Wildman–Crippen LogP) is 1.96. The van der Waals surface area contributed by atoms with E-state index in [1.165, 1.54) is 13.0 Å². The molecule has 1 saturated heterocycles. The van der Waals surface area contributed by atoms with E-state index >= 15 is 0 Å². The minimum atomic E-state index is 0.649. The van der Waals surface area contributed by atoms with Crippen molar-refractivity contribution in [3.8, 4) is 11.8 Å². The number of nitriles is 1. The summed E-state index contributed by atoms with van der Waals surface area (Å²) in [6, 6.07) is 9.47. The molecule has 108 valence electrons. The Morgan fingerprint density at radius 2 is 1.85 bits per heavy atom. The highest BCUT2D eigenvalue weighted by atomic mass is 16.5. The van der Waals surface area contributed by atoms with Crippen molar-refractivity contribution in [3.63, 3.8) is 0 Å². The van der Waals surface area contributed by atoms with E-state index in [2.05, 4.69) is 22.8 Å². The van der Waals surface area contributed by atoms with Gasteiger partial charge in [0.1, 0.15) is 12.4 Å². The van der Waals surface area contributed by atoms with E-state index in [1.807, 2.05) is 12.1 Å². The fourth-order valence-electron chi connectivity index (χ4n) is 2.50. The first kappa shape index (κ1) is 14.8. The number of benzene rings is 1. The van der Waals surface area contributed by atoms with Gasteiger partial charge in [-0.15, -0.1) is 0 Å². The van der Waals surface area contributed by atoms with Gasteiger partial charge in [-0.1, -0.05) is 13.0 Å². The Balaban J connectivity index is 1.68. The van der Waals surface area contributed by atoms with Crippen LogP contribution in [0.3, 0.4) is 0 Å². The standard InChI is InChI=1S/C16H23N3O/c1-2-6-18-7-9-19(10-8-18)11-12-20-16-5-3-4-15(13-16)14-17/h3-5,13H,2,6-12H2,1H3. The van der Waals surface area contributed by atoms with Crippen LogP contribution in [-0.2, 0) is 0 Å². The number of hydrogen-bond donors (Lipinski definition) is 0. The minimum absolute atomic E-state index is 0.649. The van der Waals surface area contributed by atoms with Gasteiger partial charge < -0.3 is 9.64 Å². The number of nitrogens with zero attached hydrogens (tertiary/aromatic N) is 3. The van der Waals surface area contributed by atoms with Crippen molar-refractivity contribution in [2.75, 3.05) is 45.9 Å². The predicted molar refractivity (Wildman–Crippen MR) is 79.8 cm³/mol. The highest BCUT2D eigenvalue weighted by Gasteiger charge is 2.15. The highest BCUT2D eigenvalue weighted by Crippen LogP contribution is 2.12. The van der Waals surface area contributed by atoms with Gasteiger partial charge in [-0.2, -0.15) is 5.26 Å². The van der Waals surface area contributed by atoms with Crippen LogP contribution >= 0.6 is 0 Å². The van der Waals surface area contributed by atoms with E-state index in [0.717, 1.165) is 38.5 Å². The zero-order chi connectivity index (χ0) is 14.2. The summed E-state index contributed by atoms with van der Waals surface area (Å²) in [5.41, 5.74) is 0.649. The van der Waals surface area contributed by atoms with Gasteiger partial charge in [0, 0.05) is 32.7 Å². The molecule has 0 aliphatic carbocycles. The summed E-state index contributed by atoms with van der Waals surface area (Å²) < 4.78 is 5.72. The molecule has 20 heavy (non-hydrogen) atoms. The summed E-state index contributed by atoms with van der Waals surface area (Å²) in [4.78, 5) is 4.97. The van der Waals surface area contributed by atoms with E-state index in [9.17, 15) is 0 Å². The lowest BCUT2D eigenvalue weighted by molar-refractivity contribution is 0.117. The fraction of sp³-hybridized carbons (Fsp3) is 0.562. The van der Waals surface area contributed by atoms with Crippen LogP contribution in [-0.4, -0.2) is 55.7 Å². The summed E-state index contributed by atoms with van der Waals surface area (Å²) in [5, 5.41) is 8.84. The molecule has 0 aromatic heterocycles. The average molecular weight is 273 g/mol. The summed E-state index contributed by atoms with van der Waals surface area (Å²) in [6.45, 7) is 9.67. The molecule has 0 bridgehead atoms. The molecule has 0 amide bonds. The normalized spacial score (nSPS) is 16.8. The van der Waals surface area contributed by atoms with Gasteiger partial charge in [-0.05, 0) is 31.2 Å². The quantitative estimate of drug-likeness (QED) is 0.794. The third kappa shape index (κ3) is 4.52. The topological polar surface area (TPSA) is 39.5 Å². The smallest absolute Gasteiger partial charge is 0.120 e. The van der Waals surface area contributed by atoms with E-state index < -0.39 is 0 Å². The summed E-state index contributed by atoms with van der Waals surface area (Å²) in [5.74, 6) is 0.786. The van der Waals surface area contributed by atoms with Gasteiger partial charge in [0.2, 0.25) is 0 Å². The Hall–Kier alpha value is -1.57. The van der Waals surface area contributed by atoms with Crippen molar-refractivity contribution in [2.45, 2.75) is 13.3 Å². The maximum Gasteiger partial charge on any atom is 0.120 e. The van der Waals surface area contributed by atoms with Gasteiger partial charge in [-0.25, -0.2) is 0 Å². The average Bonchev–Trinajstić information content (AvgIpc) is 2.50. The zero-order valence-electron chi connectivity index (χ0n) is 12.2. The second-order valence-electron chi connectivity index (χ2n) is 5.17. The fourth-order valence-corrected chi connectivity index (χ4v) is 2.50. The van der Waals surface area contributed by atoms with Gasteiger partial charge >= 0.3 is 0 Å². The number of rotatable bonds is 6. The lowest BCUT2D eigenvalue weighted by Gasteiger charge is -2.34. The molecule has 0 spiro atoms. The first-order valence-corrected chi connectivity index (χ1v) is 7.39. The largest absolute Gasteiger partial charge is 0.492 e. The molecule has 1 aromatic carbocycles. The molecule has 0 radical (unpaired) electrons. The number of piperazine rings is 1. The molecule has 4 nitrogen and oxygen atoms in total. The second-order valence-corrected chi connectivity index (χ2v) is 5.17. The first-order chi connectivity index (χ1) is 9.81. The third-order valence-corrected chi connectivity index (χ3v) is 3.64. The molecular weight excluding hydrogens is 250 g/mol. The molecule has 1 aromatic rings. The minimum Gasteiger partial charge on any atom is -0.492 e. The van der Waals surface area contributed by atoms with Crippen LogP contribution in [0.2, 0.25) is 0 Å². The van der Waals surface area contributed by atoms with Crippen molar-refractivity contribution in [1.82, 2.24) is 9.80 Å². The van der Waals surface area contributed by atoms with Crippen LogP contribution in [0, 0.1) is 11.3 Å². The molecule has 0 unspecified atom stereocenters. The molecule has 1 aliphatic heterocycles. The molecule has 1 fully saturated rings. The Labute approximate surface area is 121 Å². The number of hydrogen-bond acceptors (Lipinski definition) is 4. The lowest BCUT2D eigenvalue weighted by atomic mass is 10.2. The van der Waals surface area contributed by atoms with E-state index in [-0.39, 0.29) is 0 Å². The maximum absolute atomic E-state index is 8.84. The number of ether oxygens (including phenoxy) is 1. The second kappa shape index (κ2) is 7.88. The maximum atomic E-state index is 8.84. The molecular formula is C16H23N3O. The zero-order valence-corrected chi connectivity index (χ0v) is 12.2. The Morgan fingerprint density at radius 3 is 2.50 bits per heavy atom. The van der Waals surface area contributed by atoms with Gasteiger partial charge in [-0.3, -0.25) is 4.90 Å². The van der Waals surface area contributed by atoms with Gasteiger partial charge in [0.15, 0.2) is 0 Å². The summed E-state index contributed by atoms with van der Waals surface area (Å²) in [6.07, 6.45) is 1.23. The van der Waals surface area contributed by atoms with Crippen molar-refractivity contribution in [2.24, 2.45) is 0 Å². The molecule has 4 heteroatoms. The summed E-state index contributed by atoms with van der Waals surface area (Å²) in [7, 11) is 0. The lowest BCUT2D eigenvalue weighted by Crippen LogP contribution is -2.47. The SMILES string of the molecule is CCCN1CCN(CCOc2cccc(C#N)c2)CC1. The van der Waals surface area contributed by atoms with Crippen LogP contribution in [0.5, 0.6) is 5.75 Å². The Morgan fingerprint density at radius 1 is 1.15 bits per heavy atom. The van der Waals surface area contributed by atoms with Crippen LogP contribution in [0.15, 0.2) is 24.3 Å². The van der Waals surface area contributed by atoms with E-state index in [4.69, 9.17) is 10.00 Å². The molecule has 1 aliphatic rings. The third-order valence-electron chi connectivity index (χ3n) is 3.64. The Bertz CT molecular complexity index is 447.